The highest BCUT2D eigenvalue weighted by atomic mass is 15.2. The number of nitrogens with zero attached hydrogens (tertiary/aromatic N) is 2. The number of fused-ring (bicyclic) bond motifs is 1. The molecule has 0 saturated heterocycles. The summed E-state index contributed by atoms with van der Waals surface area (Å²) in [5.74, 6) is 3.03. The maximum absolute atomic E-state index is 6.32. The molecule has 0 bridgehead atoms. The molecular weight excluding hydrogens is 246 g/mol. The summed E-state index contributed by atoms with van der Waals surface area (Å²) in [6, 6.07) is 8.65. The first-order valence-electron chi connectivity index (χ1n) is 7.54. The van der Waals surface area contributed by atoms with Crippen LogP contribution >= 0.6 is 0 Å². The first kappa shape index (κ1) is 13.2. The molecule has 20 heavy (non-hydrogen) atoms. The zero-order chi connectivity index (χ0) is 14.3. The molecule has 0 fully saturated rings. The lowest BCUT2D eigenvalue weighted by atomic mass is 10.0. The molecule has 2 heterocycles. The summed E-state index contributed by atoms with van der Waals surface area (Å²) in [6.45, 7) is 7.66. The largest absolute Gasteiger partial charge is 0.383 e. The van der Waals surface area contributed by atoms with Gasteiger partial charge in [-0.25, -0.2) is 4.98 Å². The van der Waals surface area contributed by atoms with Crippen LogP contribution in [-0.2, 0) is 6.54 Å². The number of aromatic nitrogens is 2. The second-order valence-electron chi connectivity index (χ2n) is 6.18. The van der Waals surface area contributed by atoms with Crippen molar-refractivity contribution in [3.05, 3.63) is 35.7 Å². The minimum absolute atomic E-state index is 0.509. The van der Waals surface area contributed by atoms with Crippen LogP contribution in [0.3, 0.4) is 0 Å². The SMILES string of the molecule is CC(C)c1ccc(-c2nc3n(c2N)CCCC3C)cc1. The van der Waals surface area contributed by atoms with Crippen LogP contribution in [0, 0.1) is 0 Å². The molecule has 1 atom stereocenters. The van der Waals surface area contributed by atoms with E-state index in [1.54, 1.807) is 0 Å². The summed E-state index contributed by atoms with van der Waals surface area (Å²) in [5.41, 5.74) is 9.74. The molecular formula is C17H23N3. The Bertz CT molecular complexity index is 608. The van der Waals surface area contributed by atoms with Gasteiger partial charge in [-0.15, -0.1) is 0 Å². The molecule has 1 aromatic carbocycles. The molecule has 1 aliphatic rings. The van der Waals surface area contributed by atoms with Crippen molar-refractivity contribution in [2.45, 2.75) is 52.0 Å². The predicted octanol–water partition coefficient (Wildman–Crippen LogP) is 4.15. The number of hydrogen-bond donors (Lipinski definition) is 1. The topological polar surface area (TPSA) is 43.8 Å². The number of benzene rings is 1. The van der Waals surface area contributed by atoms with E-state index in [4.69, 9.17) is 10.7 Å². The number of nitrogen functional groups attached to an aromatic ring is 1. The summed E-state index contributed by atoms with van der Waals surface area (Å²) in [6.07, 6.45) is 2.41. The first-order chi connectivity index (χ1) is 9.58. The lowest BCUT2D eigenvalue weighted by Crippen LogP contribution is -2.15. The fourth-order valence-corrected chi connectivity index (χ4v) is 3.02. The molecule has 0 saturated carbocycles. The van der Waals surface area contributed by atoms with Crippen LogP contribution in [0.25, 0.3) is 11.3 Å². The number of rotatable bonds is 2. The van der Waals surface area contributed by atoms with E-state index in [0.29, 0.717) is 11.8 Å². The summed E-state index contributed by atoms with van der Waals surface area (Å²) >= 11 is 0. The zero-order valence-electron chi connectivity index (χ0n) is 12.6. The van der Waals surface area contributed by atoms with E-state index in [1.165, 1.54) is 18.4 Å². The Morgan fingerprint density at radius 1 is 1.25 bits per heavy atom. The fraction of sp³-hybridized carbons (Fsp3) is 0.471. The molecule has 1 unspecified atom stereocenters. The number of anilines is 1. The van der Waals surface area contributed by atoms with Crippen LogP contribution < -0.4 is 5.73 Å². The van der Waals surface area contributed by atoms with Crippen molar-refractivity contribution in [3.63, 3.8) is 0 Å². The maximum atomic E-state index is 6.32. The van der Waals surface area contributed by atoms with Gasteiger partial charge < -0.3 is 10.3 Å². The van der Waals surface area contributed by atoms with Gasteiger partial charge >= 0.3 is 0 Å². The van der Waals surface area contributed by atoms with E-state index >= 15 is 0 Å². The zero-order valence-corrected chi connectivity index (χ0v) is 12.6. The van der Waals surface area contributed by atoms with Gasteiger partial charge in [-0.05, 0) is 24.3 Å². The third-order valence-electron chi connectivity index (χ3n) is 4.35. The molecule has 0 spiro atoms. The Morgan fingerprint density at radius 3 is 2.55 bits per heavy atom. The molecule has 2 aromatic rings. The van der Waals surface area contributed by atoms with Crippen LogP contribution in [0.1, 0.15) is 56.8 Å². The van der Waals surface area contributed by atoms with Gasteiger partial charge in [0.05, 0.1) is 0 Å². The van der Waals surface area contributed by atoms with E-state index in [-0.39, 0.29) is 0 Å². The highest BCUT2D eigenvalue weighted by Crippen LogP contribution is 2.34. The molecule has 1 aromatic heterocycles. The Balaban J connectivity index is 2.02. The van der Waals surface area contributed by atoms with Gasteiger partial charge in [0.25, 0.3) is 0 Å². The molecule has 0 aliphatic carbocycles. The number of hydrogen-bond acceptors (Lipinski definition) is 2. The Labute approximate surface area is 120 Å². The molecule has 0 amide bonds. The minimum atomic E-state index is 0.509. The lowest BCUT2D eigenvalue weighted by Gasteiger charge is -2.20. The van der Waals surface area contributed by atoms with Gasteiger partial charge in [0.15, 0.2) is 0 Å². The third-order valence-corrected chi connectivity index (χ3v) is 4.35. The fourth-order valence-electron chi connectivity index (χ4n) is 3.02. The van der Waals surface area contributed by atoms with E-state index in [9.17, 15) is 0 Å². The maximum Gasteiger partial charge on any atom is 0.131 e. The van der Waals surface area contributed by atoms with Gasteiger partial charge in [0.1, 0.15) is 17.3 Å². The second kappa shape index (κ2) is 4.97. The van der Waals surface area contributed by atoms with Crippen molar-refractivity contribution in [3.8, 4) is 11.3 Å². The molecule has 3 rings (SSSR count). The van der Waals surface area contributed by atoms with Crippen molar-refractivity contribution < 1.29 is 0 Å². The third kappa shape index (κ3) is 2.11. The first-order valence-corrected chi connectivity index (χ1v) is 7.54. The molecule has 0 radical (unpaired) electrons. The van der Waals surface area contributed by atoms with Crippen molar-refractivity contribution in [2.75, 3.05) is 5.73 Å². The monoisotopic (exact) mass is 269 g/mol. The number of nitrogens with two attached hydrogens (primary N) is 1. The van der Waals surface area contributed by atoms with Gasteiger partial charge in [-0.3, -0.25) is 0 Å². The van der Waals surface area contributed by atoms with Crippen molar-refractivity contribution in [2.24, 2.45) is 0 Å². The Hall–Kier alpha value is -1.77. The Morgan fingerprint density at radius 2 is 1.95 bits per heavy atom. The predicted molar refractivity (Wildman–Crippen MR) is 83.8 cm³/mol. The smallest absolute Gasteiger partial charge is 0.131 e. The molecule has 3 heteroatoms. The average Bonchev–Trinajstić information content (AvgIpc) is 2.78. The van der Waals surface area contributed by atoms with Crippen molar-refractivity contribution in [1.29, 1.82) is 0 Å². The minimum Gasteiger partial charge on any atom is -0.383 e. The van der Waals surface area contributed by atoms with Crippen LogP contribution in [0.4, 0.5) is 5.82 Å². The highest BCUT2D eigenvalue weighted by molar-refractivity contribution is 5.71. The van der Waals surface area contributed by atoms with Crippen LogP contribution in [-0.4, -0.2) is 9.55 Å². The van der Waals surface area contributed by atoms with Crippen LogP contribution in [0.2, 0.25) is 0 Å². The van der Waals surface area contributed by atoms with E-state index < -0.39 is 0 Å². The molecule has 2 N–H and O–H groups in total. The van der Waals surface area contributed by atoms with Gasteiger partial charge in [0.2, 0.25) is 0 Å². The summed E-state index contributed by atoms with van der Waals surface area (Å²) in [7, 11) is 0. The summed E-state index contributed by atoms with van der Waals surface area (Å²) in [5, 5.41) is 0. The molecule has 106 valence electrons. The van der Waals surface area contributed by atoms with Crippen LogP contribution in [0.5, 0.6) is 0 Å². The quantitative estimate of drug-likeness (QED) is 0.890. The van der Waals surface area contributed by atoms with Gasteiger partial charge in [-0.1, -0.05) is 45.0 Å². The van der Waals surface area contributed by atoms with E-state index in [0.717, 1.165) is 29.4 Å². The van der Waals surface area contributed by atoms with Crippen molar-refractivity contribution in [1.82, 2.24) is 9.55 Å². The standard InChI is InChI=1S/C17H23N3/c1-11(2)13-6-8-14(9-7-13)15-16(18)20-10-4-5-12(3)17(20)19-15/h6-9,11-12H,4-5,10,18H2,1-3H3. The summed E-state index contributed by atoms with van der Waals surface area (Å²) in [4.78, 5) is 4.81. The second-order valence-corrected chi connectivity index (χ2v) is 6.18. The Kier molecular flexibility index (Phi) is 3.28. The number of imidazole rings is 1. The average molecular weight is 269 g/mol. The normalized spacial score (nSPS) is 18.3. The van der Waals surface area contributed by atoms with Crippen LogP contribution in [0.15, 0.2) is 24.3 Å². The highest BCUT2D eigenvalue weighted by Gasteiger charge is 2.23. The molecule has 3 nitrogen and oxygen atoms in total. The lowest BCUT2D eigenvalue weighted by molar-refractivity contribution is 0.467. The van der Waals surface area contributed by atoms with E-state index in [2.05, 4.69) is 49.6 Å². The molecule has 1 aliphatic heterocycles. The van der Waals surface area contributed by atoms with Crippen molar-refractivity contribution >= 4 is 5.82 Å². The van der Waals surface area contributed by atoms with Gasteiger partial charge in [0, 0.05) is 18.0 Å². The summed E-state index contributed by atoms with van der Waals surface area (Å²) < 4.78 is 2.19. The van der Waals surface area contributed by atoms with Gasteiger partial charge in [-0.2, -0.15) is 0 Å². The van der Waals surface area contributed by atoms with E-state index in [1.807, 2.05) is 0 Å².